The molecule has 1 aromatic heterocycles. The number of aliphatic hydroxyl groups is 1. The highest BCUT2D eigenvalue weighted by Crippen LogP contribution is 2.25. The number of pyridine rings is 1. The van der Waals surface area contributed by atoms with E-state index in [0.29, 0.717) is 19.6 Å². The third-order valence-corrected chi connectivity index (χ3v) is 5.19. The van der Waals surface area contributed by atoms with E-state index >= 15 is 0 Å². The summed E-state index contributed by atoms with van der Waals surface area (Å²) >= 11 is 0. The average Bonchev–Trinajstić information content (AvgIpc) is 3.11. The Morgan fingerprint density at radius 2 is 2.26 bits per heavy atom. The van der Waals surface area contributed by atoms with Crippen LogP contribution in [-0.2, 0) is 11.3 Å². The standard InChI is InChI=1S/C19H30N6O2/c1-2-21-19(25-10-7-16(26)13-25)23-11-14-5-3-8-22-18(14)24-9-4-6-15(12-24)17(20)27/h3,5,8,15-16,26H,2,4,6-7,9-13H2,1H3,(H2,20,27)(H,21,23)/t15?,16-/m1/s1. The van der Waals surface area contributed by atoms with Gasteiger partial charge < -0.3 is 26.0 Å². The molecule has 0 spiro atoms. The fourth-order valence-electron chi connectivity index (χ4n) is 3.76. The van der Waals surface area contributed by atoms with Gasteiger partial charge in [-0.2, -0.15) is 0 Å². The van der Waals surface area contributed by atoms with E-state index in [9.17, 15) is 9.90 Å². The van der Waals surface area contributed by atoms with Gasteiger partial charge in [-0.05, 0) is 32.3 Å². The number of hydrogen-bond acceptors (Lipinski definition) is 5. The number of likely N-dealkylation sites (tertiary alicyclic amines) is 1. The second-order valence-corrected chi connectivity index (χ2v) is 7.23. The normalized spacial score (nSPS) is 23.6. The number of nitrogens with zero attached hydrogens (tertiary/aromatic N) is 4. The summed E-state index contributed by atoms with van der Waals surface area (Å²) in [6.07, 6.45) is 4.03. The van der Waals surface area contributed by atoms with Gasteiger partial charge in [-0.15, -0.1) is 0 Å². The van der Waals surface area contributed by atoms with Crippen LogP contribution < -0.4 is 16.0 Å². The average molecular weight is 374 g/mol. The van der Waals surface area contributed by atoms with E-state index in [4.69, 9.17) is 10.7 Å². The minimum atomic E-state index is -0.290. The SMILES string of the molecule is CCNC(=NCc1cccnc1N1CCCC(C(N)=O)C1)N1CC[C@@H](O)C1. The summed E-state index contributed by atoms with van der Waals surface area (Å²) in [4.78, 5) is 25.2. The van der Waals surface area contributed by atoms with Crippen LogP contribution in [-0.4, -0.2) is 65.7 Å². The van der Waals surface area contributed by atoms with Gasteiger partial charge in [0.05, 0.1) is 18.6 Å². The Hall–Kier alpha value is -2.35. The predicted molar refractivity (Wildman–Crippen MR) is 105 cm³/mol. The number of nitrogens with one attached hydrogen (secondary N) is 1. The minimum Gasteiger partial charge on any atom is -0.391 e. The summed E-state index contributed by atoms with van der Waals surface area (Å²) in [6.45, 7) is 6.21. The molecule has 4 N–H and O–H groups in total. The van der Waals surface area contributed by atoms with Gasteiger partial charge in [-0.3, -0.25) is 4.79 Å². The van der Waals surface area contributed by atoms with Crippen LogP contribution in [0.4, 0.5) is 5.82 Å². The van der Waals surface area contributed by atoms with Crippen LogP contribution >= 0.6 is 0 Å². The number of aliphatic hydroxyl groups excluding tert-OH is 1. The second-order valence-electron chi connectivity index (χ2n) is 7.23. The van der Waals surface area contributed by atoms with Crippen molar-refractivity contribution in [3.63, 3.8) is 0 Å². The first-order valence-electron chi connectivity index (χ1n) is 9.78. The number of β-amino-alcohol motifs (C(OH)–C–C–N with tert-alkyl or cyclic N) is 1. The number of aliphatic imine (C=N–C) groups is 1. The first-order chi connectivity index (χ1) is 13.1. The third-order valence-electron chi connectivity index (χ3n) is 5.19. The number of rotatable bonds is 5. The van der Waals surface area contributed by atoms with Gasteiger partial charge in [-0.1, -0.05) is 6.07 Å². The summed E-state index contributed by atoms with van der Waals surface area (Å²) in [7, 11) is 0. The Kier molecular flexibility index (Phi) is 6.49. The second kappa shape index (κ2) is 9.03. The molecule has 8 heteroatoms. The number of guanidine groups is 1. The largest absolute Gasteiger partial charge is 0.391 e. The van der Waals surface area contributed by atoms with Crippen LogP contribution in [0.5, 0.6) is 0 Å². The smallest absolute Gasteiger partial charge is 0.222 e. The number of piperidine rings is 1. The van der Waals surface area contributed by atoms with Gasteiger partial charge in [0.25, 0.3) is 0 Å². The van der Waals surface area contributed by atoms with Crippen molar-refractivity contribution in [3.05, 3.63) is 23.9 Å². The van der Waals surface area contributed by atoms with Crippen molar-refractivity contribution in [1.82, 2.24) is 15.2 Å². The van der Waals surface area contributed by atoms with Crippen LogP contribution in [0, 0.1) is 5.92 Å². The first-order valence-corrected chi connectivity index (χ1v) is 9.78. The molecule has 2 aliphatic rings. The lowest BCUT2D eigenvalue weighted by Gasteiger charge is -2.33. The van der Waals surface area contributed by atoms with Gasteiger partial charge >= 0.3 is 0 Å². The lowest BCUT2D eigenvalue weighted by Crippen LogP contribution is -2.42. The van der Waals surface area contributed by atoms with Gasteiger partial charge in [0.1, 0.15) is 5.82 Å². The molecule has 27 heavy (non-hydrogen) atoms. The summed E-state index contributed by atoms with van der Waals surface area (Å²) in [5.41, 5.74) is 6.54. The van der Waals surface area contributed by atoms with Crippen molar-refractivity contribution in [2.45, 2.75) is 38.8 Å². The van der Waals surface area contributed by atoms with E-state index in [-0.39, 0.29) is 17.9 Å². The van der Waals surface area contributed by atoms with Crippen molar-refractivity contribution in [1.29, 1.82) is 0 Å². The molecule has 148 valence electrons. The number of aromatic nitrogens is 1. The number of anilines is 1. The summed E-state index contributed by atoms with van der Waals surface area (Å²) in [6, 6.07) is 3.94. The predicted octanol–water partition coefficient (Wildman–Crippen LogP) is 0.315. The molecule has 0 radical (unpaired) electrons. The maximum Gasteiger partial charge on any atom is 0.222 e. The van der Waals surface area contributed by atoms with Gasteiger partial charge in [0, 0.05) is 44.5 Å². The first kappa shape index (κ1) is 19.4. The van der Waals surface area contributed by atoms with Crippen molar-refractivity contribution >= 4 is 17.7 Å². The number of carbonyl (C=O) groups is 1. The molecule has 1 aromatic rings. The third kappa shape index (κ3) is 4.88. The van der Waals surface area contributed by atoms with Gasteiger partial charge in [0.2, 0.25) is 5.91 Å². The van der Waals surface area contributed by atoms with E-state index < -0.39 is 0 Å². The molecule has 2 fully saturated rings. The topological polar surface area (TPSA) is 107 Å². The molecule has 2 aliphatic heterocycles. The summed E-state index contributed by atoms with van der Waals surface area (Å²) < 4.78 is 0. The zero-order chi connectivity index (χ0) is 19.2. The molecule has 0 aromatic carbocycles. The highest BCUT2D eigenvalue weighted by atomic mass is 16.3. The van der Waals surface area contributed by atoms with Crippen LogP contribution in [0.25, 0.3) is 0 Å². The molecule has 0 saturated carbocycles. The van der Waals surface area contributed by atoms with Crippen LogP contribution in [0.15, 0.2) is 23.3 Å². The number of hydrogen-bond donors (Lipinski definition) is 3. The fourth-order valence-corrected chi connectivity index (χ4v) is 3.76. The van der Waals surface area contributed by atoms with Crippen LogP contribution in [0.2, 0.25) is 0 Å². The number of primary amides is 1. The van der Waals surface area contributed by atoms with E-state index in [2.05, 4.69) is 20.1 Å². The monoisotopic (exact) mass is 374 g/mol. The summed E-state index contributed by atoms with van der Waals surface area (Å²) in [5.74, 6) is 1.33. The maximum absolute atomic E-state index is 11.6. The van der Waals surface area contributed by atoms with Crippen LogP contribution in [0.3, 0.4) is 0 Å². The minimum absolute atomic E-state index is 0.125. The van der Waals surface area contributed by atoms with E-state index in [0.717, 1.165) is 56.2 Å². The molecule has 3 heterocycles. The molecule has 2 atom stereocenters. The zero-order valence-corrected chi connectivity index (χ0v) is 16.0. The number of nitrogens with two attached hydrogens (primary N) is 1. The van der Waals surface area contributed by atoms with E-state index in [1.165, 1.54) is 0 Å². The molecule has 2 saturated heterocycles. The van der Waals surface area contributed by atoms with Crippen molar-refractivity contribution in [3.8, 4) is 0 Å². The molecule has 3 rings (SSSR count). The molecule has 0 aliphatic carbocycles. The molecule has 0 bridgehead atoms. The van der Waals surface area contributed by atoms with Crippen molar-refractivity contribution < 1.29 is 9.90 Å². The molecule has 1 unspecified atom stereocenters. The zero-order valence-electron chi connectivity index (χ0n) is 16.0. The Morgan fingerprint density at radius 1 is 1.41 bits per heavy atom. The molecule has 8 nitrogen and oxygen atoms in total. The Labute approximate surface area is 160 Å². The van der Waals surface area contributed by atoms with Crippen molar-refractivity contribution in [2.24, 2.45) is 16.6 Å². The lowest BCUT2D eigenvalue weighted by molar-refractivity contribution is -0.122. The van der Waals surface area contributed by atoms with E-state index in [1.807, 2.05) is 19.1 Å². The maximum atomic E-state index is 11.6. The number of carbonyl (C=O) groups excluding carboxylic acids is 1. The molecule has 1 amide bonds. The van der Waals surface area contributed by atoms with Crippen molar-refractivity contribution in [2.75, 3.05) is 37.6 Å². The Bertz CT molecular complexity index is 680. The molecular weight excluding hydrogens is 344 g/mol. The quantitative estimate of drug-likeness (QED) is 0.506. The van der Waals surface area contributed by atoms with Gasteiger partial charge in [-0.25, -0.2) is 9.98 Å². The fraction of sp³-hybridized carbons (Fsp3) is 0.632. The van der Waals surface area contributed by atoms with Gasteiger partial charge in [0.15, 0.2) is 5.96 Å². The Balaban J connectivity index is 1.75. The summed E-state index contributed by atoms with van der Waals surface area (Å²) in [5, 5.41) is 13.1. The highest BCUT2D eigenvalue weighted by Gasteiger charge is 2.26. The lowest BCUT2D eigenvalue weighted by atomic mass is 9.97. The van der Waals surface area contributed by atoms with E-state index in [1.54, 1.807) is 6.20 Å². The highest BCUT2D eigenvalue weighted by molar-refractivity contribution is 5.80. The molecular formula is C19H30N6O2. The van der Waals surface area contributed by atoms with Crippen LogP contribution in [0.1, 0.15) is 31.7 Å². The Morgan fingerprint density at radius 3 is 2.96 bits per heavy atom. The number of amides is 1.